The molecule has 3 aliphatic rings. The van der Waals surface area contributed by atoms with E-state index in [1.807, 2.05) is 47.4 Å². The summed E-state index contributed by atoms with van der Waals surface area (Å²) in [5.41, 5.74) is 9.45. The minimum Gasteiger partial charge on any atom is -0.506 e. The maximum atomic E-state index is 14.2. The molecule has 0 spiro atoms. The van der Waals surface area contributed by atoms with Crippen LogP contribution in [0.2, 0.25) is 0 Å². The second-order valence-electron chi connectivity index (χ2n) is 14.0. The Balaban J connectivity index is 1.13. The quantitative estimate of drug-likeness (QED) is 0.160. The van der Waals surface area contributed by atoms with Crippen molar-refractivity contribution in [2.24, 2.45) is 5.73 Å². The van der Waals surface area contributed by atoms with Crippen LogP contribution in [0.5, 0.6) is 5.75 Å². The highest BCUT2D eigenvalue weighted by atomic mass is 79.9. The van der Waals surface area contributed by atoms with Crippen molar-refractivity contribution >= 4 is 67.1 Å². The molecule has 3 heterocycles. The number of likely N-dealkylation sites (tertiary alicyclic amines) is 1. The zero-order valence-corrected chi connectivity index (χ0v) is 33.4. The molecule has 6 N–H and O–H groups in total. The number of halogens is 2. The summed E-state index contributed by atoms with van der Waals surface area (Å²) >= 11 is 6.75. The summed E-state index contributed by atoms with van der Waals surface area (Å²) in [4.78, 5) is 62.5. The van der Waals surface area contributed by atoms with Gasteiger partial charge in [-0.15, -0.1) is 0 Å². The first-order chi connectivity index (χ1) is 26.1. The first-order valence-electron chi connectivity index (χ1n) is 18.6. The molecule has 2 atom stereocenters. The van der Waals surface area contributed by atoms with Crippen LogP contribution in [0.3, 0.4) is 0 Å². The van der Waals surface area contributed by atoms with Gasteiger partial charge in [0.25, 0.3) is 0 Å². The highest BCUT2D eigenvalue weighted by molar-refractivity contribution is 9.11. The maximum Gasteiger partial charge on any atom is 0.322 e. The van der Waals surface area contributed by atoms with Gasteiger partial charge < -0.3 is 46.4 Å². The molecule has 0 aliphatic carbocycles. The van der Waals surface area contributed by atoms with Gasteiger partial charge in [0.1, 0.15) is 17.8 Å². The molecule has 0 aromatic heterocycles. The Kier molecular flexibility index (Phi) is 13.4. The number of hydrogen-bond donors (Lipinski definition) is 5. The van der Waals surface area contributed by atoms with E-state index in [1.165, 1.54) is 0 Å². The maximum absolute atomic E-state index is 14.2. The smallest absolute Gasteiger partial charge is 0.322 e. The summed E-state index contributed by atoms with van der Waals surface area (Å²) in [6.07, 6.45) is 3.07. The molecule has 3 aromatic rings. The highest BCUT2D eigenvalue weighted by Gasteiger charge is 2.35. The monoisotopic (exact) mass is 866 g/mol. The predicted octanol–water partition coefficient (Wildman–Crippen LogP) is 5.01. The first kappa shape index (κ1) is 39.4. The predicted molar refractivity (Wildman–Crippen MR) is 215 cm³/mol. The largest absolute Gasteiger partial charge is 0.506 e. The normalized spacial score (nSPS) is 17.4. The molecule has 54 heavy (non-hydrogen) atoms. The molecule has 0 radical (unpaired) electrons. The number of piperidine rings is 1. The van der Waals surface area contributed by atoms with Crippen molar-refractivity contribution in [2.45, 2.75) is 63.2 Å². The molecule has 3 aliphatic heterocycles. The Morgan fingerprint density at radius 1 is 0.852 bits per heavy atom. The van der Waals surface area contributed by atoms with Gasteiger partial charge in [-0.25, -0.2) is 9.59 Å². The van der Waals surface area contributed by atoms with E-state index in [0.717, 1.165) is 16.9 Å². The molecule has 3 aromatic carbocycles. The lowest BCUT2D eigenvalue weighted by Gasteiger charge is -2.40. The lowest BCUT2D eigenvalue weighted by molar-refractivity contribution is -0.137. The van der Waals surface area contributed by atoms with Gasteiger partial charge in [-0.3, -0.25) is 9.59 Å². The van der Waals surface area contributed by atoms with E-state index >= 15 is 0 Å². The number of anilines is 2. The SMILES string of the molecule is NCCCC[C@H](NC(=O)[C@@H](Cc1cc(Br)c(O)c(Br)c1)NC(=O)N1CCC(N2Cc3ccccc3NC2=O)CC1)C(=O)N1CCN(c2ccccc2)CC1. The summed E-state index contributed by atoms with van der Waals surface area (Å²) < 4.78 is 0.876. The topological polar surface area (TPSA) is 164 Å². The number of phenols is 1. The Bertz CT molecular complexity index is 1780. The summed E-state index contributed by atoms with van der Waals surface area (Å²) in [6, 6.07) is 18.8. The van der Waals surface area contributed by atoms with Crippen molar-refractivity contribution < 1.29 is 24.3 Å². The van der Waals surface area contributed by atoms with Crippen molar-refractivity contribution in [3.8, 4) is 5.75 Å². The van der Waals surface area contributed by atoms with Crippen LogP contribution in [0.25, 0.3) is 0 Å². The zero-order chi connectivity index (χ0) is 38.2. The van der Waals surface area contributed by atoms with E-state index in [1.54, 1.807) is 21.9 Å². The van der Waals surface area contributed by atoms with Crippen molar-refractivity contribution in [2.75, 3.05) is 56.0 Å². The summed E-state index contributed by atoms with van der Waals surface area (Å²) in [6.45, 7) is 4.18. The van der Waals surface area contributed by atoms with Crippen molar-refractivity contribution in [3.63, 3.8) is 0 Å². The number of piperazine rings is 1. The van der Waals surface area contributed by atoms with Gasteiger partial charge >= 0.3 is 12.1 Å². The number of phenolic OH excluding ortho intramolecular Hbond substituents is 1. The van der Waals surface area contributed by atoms with Gasteiger partial charge in [0.05, 0.1) is 8.95 Å². The second-order valence-corrected chi connectivity index (χ2v) is 15.7. The first-order valence-corrected chi connectivity index (χ1v) is 20.2. The second kappa shape index (κ2) is 18.3. The number of amides is 6. The van der Waals surface area contributed by atoms with Gasteiger partial charge in [-0.2, -0.15) is 0 Å². The molecule has 6 amide bonds. The van der Waals surface area contributed by atoms with Crippen LogP contribution in [0.4, 0.5) is 21.0 Å². The van der Waals surface area contributed by atoms with Crippen molar-refractivity contribution in [3.05, 3.63) is 86.8 Å². The van der Waals surface area contributed by atoms with Gasteiger partial charge in [0, 0.05) is 69.7 Å². The molecular formula is C39H48Br2N8O5. The average Bonchev–Trinajstić information content (AvgIpc) is 3.19. The number of carbonyl (C=O) groups is 4. The molecule has 2 saturated heterocycles. The van der Waals surface area contributed by atoms with Crippen LogP contribution in [0.1, 0.15) is 43.2 Å². The number of aromatic hydroxyl groups is 1. The fraction of sp³-hybridized carbons (Fsp3) is 0.436. The number of nitrogens with one attached hydrogen (secondary N) is 3. The van der Waals surface area contributed by atoms with E-state index in [-0.39, 0.29) is 30.2 Å². The number of fused-ring (bicyclic) bond motifs is 1. The Labute approximate surface area is 332 Å². The molecule has 13 nitrogen and oxygen atoms in total. The number of benzene rings is 3. The minimum absolute atomic E-state index is 0.0236. The number of hydrogen-bond acceptors (Lipinski definition) is 7. The van der Waals surface area contributed by atoms with Crippen LogP contribution in [-0.2, 0) is 22.6 Å². The van der Waals surface area contributed by atoms with Crippen LogP contribution in [0, 0.1) is 0 Å². The Hall–Kier alpha value is -4.34. The van der Waals surface area contributed by atoms with Gasteiger partial charge in [0.2, 0.25) is 11.8 Å². The van der Waals surface area contributed by atoms with Crippen molar-refractivity contribution in [1.29, 1.82) is 0 Å². The van der Waals surface area contributed by atoms with Crippen LogP contribution in [0.15, 0.2) is 75.7 Å². The molecule has 288 valence electrons. The van der Waals surface area contributed by atoms with Gasteiger partial charge in [-0.1, -0.05) is 36.4 Å². The summed E-state index contributed by atoms with van der Waals surface area (Å²) in [5, 5.41) is 19.3. The van der Waals surface area contributed by atoms with Gasteiger partial charge in [-0.05, 0) is 112 Å². The summed E-state index contributed by atoms with van der Waals surface area (Å²) in [5.74, 6) is -0.605. The number of urea groups is 2. The minimum atomic E-state index is -1.03. The third-order valence-corrected chi connectivity index (χ3v) is 11.7. The molecule has 0 unspecified atom stereocenters. The van der Waals surface area contributed by atoms with E-state index < -0.39 is 24.0 Å². The highest BCUT2D eigenvalue weighted by Crippen LogP contribution is 2.34. The lowest BCUT2D eigenvalue weighted by Crippen LogP contribution is -2.59. The number of unbranched alkanes of at least 4 members (excludes halogenated alkanes) is 1. The molecule has 2 fully saturated rings. The average molecular weight is 869 g/mol. The Morgan fingerprint density at radius 2 is 1.52 bits per heavy atom. The van der Waals surface area contributed by atoms with Crippen LogP contribution in [-0.4, -0.2) is 108 Å². The van der Waals surface area contributed by atoms with Crippen LogP contribution >= 0.6 is 31.9 Å². The van der Waals surface area contributed by atoms with E-state index in [9.17, 15) is 24.3 Å². The van der Waals surface area contributed by atoms with E-state index in [0.29, 0.717) is 99.0 Å². The molecular weight excluding hydrogens is 820 g/mol. The third kappa shape index (κ3) is 9.66. The number of nitrogens with two attached hydrogens (primary N) is 1. The number of rotatable bonds is 12. The number of nitrogens with zero attached hydrogens (tertiary/aromatic N) is 4. The molecule has 0 saturated carbocycles. The van der Waals surface area contributed by atoms with E-state index in [2.05, 4.69) is 64.8 Å². The van der Waals surface area contributed by atoms with Crippen LogP contribution < -0.4 is 26.6 Å². The summed E-state index contributed by atoms with van der Waals surface area (Å²) in [7, 11) is 0. The molecule has 6 rings (SSSR count). The third-order valence-electron chi connectivity index (χ3n) is 10.5. The molecule has 15 heteroatoms. The Morgan fingerprint density at radius 3 is 2.20 bits per heavy atom. The number of para-hydroxylation sites is 2. The van der Waals surface area contributed by atoms with Crippen molar-refractivity contribution in [1.82, 2.24) is 25.3 Å². The fourth-order valence-electron chi connectivity index (χ4n) is 7.39. The van der Waals surface area contributed by atoms with E-state index in [4.69, 9.17) is 5.73 Å². The lowest BCUT2D eigenvalue weighted by atomic mass is 10.0. The standard InChI is InChI=1S/C39H48Br2N8O5/c40-30-22-26(23-31(41)35(30)50)24-34(45-38(53)48-16-13-29(14-17-48)49-25-27-8-4-5-11-32(27)44-39(49)54)36(51)43-33(12-6-7-15-42)37(52)47-20-18-46(19-21-47)28-9-2-1-3-10-28/h1-5,8-11,22-23,29,33-34,50H,6-7,12-21,24-25,42H2,(H,43,51)(H,44,54)(H,45,53)/t33-,34+/m0/s1. The number of carbonyl (C=O) groups excluding carboxylic acids is 4. The molecule has 0 bridgehead atoms. The fourth-order valence-corrected chi connectivity index (χ4v) is 8.67. The van der Waals surface area contributed by atoms with Gasteiger partial charge in [0.15, 0.2) is 0 Å². The zero-order valence-electron chi connectivity index (χ0n) is 30.2.